The lowest BCUT2D eigenvalue weighted by Gasteiger charge is -2.39. The largest absolute Gasteiger partial charge is 0.461 e. The quantitative estimate of drug-likeness (QED) is 0.282. The highest BCUT2D eigenvalue weighted by molar-refractivity contribution is 5.92. The zero-order valence-electron chi connectivity index (χ0n) is 27.6. The molecule has 0 spiro atoms. The van der Waals surface area contributed by atoms with Gasteiger partial charge in [0.05, 0.1) is 34.3 Å². The number of anilines is 3. The number of hydrogen-bond donors (Lipinski definition) is 1. The van der Waals surface area contributed by atoms with Gasteiger partial charge in [-0.1, -0.05) is 18.6 Å². The fourth-order valence-electron chi connectivity index (χ4n) is 7.26. The molecule has 0 unspecified atom stereocenters. The summed E-state index contributed by atoms with van der Waals surface area (Å²) >= 11 is 0. The third-order valence-corrected chi connectivity index (χ3v) is 9.82. The molecule has 5 heterocycles. The number of halogens is 3. The lowest BCUT2D eigenvalue weighted by atomic mass is 9.88. The van der Waals surface area contributed by atoms with Gasteiger partial charge in [0, 0.05) is 51.8 Å². The van der Waals surface area contributed by atoms with Gasteiger partial charge in [0.2, 0.25) is 5.91 Å². The second-order valence-corrected chi connectivity index (χ2v) is 13.7. The maximum absolute atomic E-state index is 16.9. The molecule has 254 valence electrons. The van der Waals surface area contributed by atoms with Gasteiger partial charge >= 0.3 is 6.01 Å². The molecule has 0 saturated carbocycles. The Bertz CT molecular complexity index is 1810. The number of hydrogen-bond acceptors (Lipinski definition) is 9. The molecule has 3 aromatic rings. The molecule has 6 rings (SSSR count). The van der Waals surface area contributed by atoms with Crippen LogP contribution in [0.3, 0.4) is 0 Å². The fraction of sp³-hybridized carbons (Fsp3) is 0.486. The average Bonchev–Trinajstić information content (AvgIpc) is 3.61. The van der Waals surface area contributed by atoms with Crippen molar-refractivity contribution in [2.45, 2.75) is 62.9 Å². The molecule has 1 N–H and O–H groups in total. The Labute approximate surface area is 278 Å². The Morgan fingerprint density at radius 3 is 2.77 bits per heavy atom. The van der Waals surface area contributed by atoms with Crippen LogP contribution in [0, 0.1) is 24.0 Å². The van der Waals surface area contributed by atoms with Crippen LogP contribution in [0.15, 0.2) is 31.0 Å². The van der Waals surface area contributed by atoms with Gasteiger partial charge in [-0.3, -0.25) is 9.69 Å². The lowest BCUT2D eigenvalue weighted by molar-refractivity contribution is -0.126. The van der Waals surface area contributed by atoms with Crippen molar-refractivity contribution in [3.63, 3.8) is 0 Å². The molecule has 0 aliphatic carbocycles. The Hall–Kier alpha value is -4.41. The highest BCUT2D eigenvalue weighted by Gasteiger charge is 2.41. The molecule has 13 heteroatoms. The van der Waals surface area contributed by atoms with Gasteiger partial charge in [0.1, 0.15) is 29.9 Å². The van der Waals surface area contributed by atoms with Crippen molar-refractivity contribution < 1.29 is 27.8 Å². The molecule has 1 aromatic carbocycles. The van der Waals surface area contributed by atoms with Crippen LogP contribution in [0.25, 0.3) is 10.9 Å². The summed E-state index contributed by atoms with van der Waals surface area (Å²) in [6.07, 6.45) is 9.46. The van der Waals surface area contributed by atoms with Crippen molar-refractivity contribution >= 4 is 34.1 Å². The Balaban J connectivity index is 1.45. The van der Waals surface area contributed by atoms with E-state index in [0.717, 1.165) is 12.8 Å². The number of likely N-dealkylation sites (tertiary alicyclic amines) is 2. The highest BCUT2D eigenvalue weighted by atomic mass is 19.1. The number of likely N-dealkylation sites (N-methyl/N-ethyl adjacent to an activating group) is 2. The van der Waals surface area contributed by atoms with Gasteiger partial charge in [0.25, 0.3) is 0 Å². The number of carbonyl (C=O) groups is 1. The van der Waals surface area contributed by atoms with Crippen molar-refractivity contribution in [3.05, 3.63) is 53.7 Å². The van der Waals surface area contributed by atoms with Crippen LogP contribution in [-0.2, 0) is 11.2 Å². The van der Waals surface area contributed by atoms with Gasteiger partial charge in [0.15, 0.2) is 11.6 Å². The van der Waals surface area contributed by atoms with Crippen molar-refractivity contribution in [2.75, 3.05) is 56.7 Å². The van der Waals surface area contributed by atoms with Crippen LogP contribution in [0.2, 0.25) is 0 Å². The number of ether oxygens (including phenoxy) is 1. The summed E-state index contributed by atoms with van der Waals surface area (Å²) in [5.74, 6) is 0.833. The number of carbonyl (C=O) groups excluding carboxylic acids is 1. The molecule has 4 atom stereocenters. The number of nitrogens with zero attached hydrogens (tertiary/aromatic N) is 7. The van der Waals surface area contributed by atoms with Crippen LogP contribution in [0.4, 0.5) is 30.5 Å². The smallest absolute Gasteiger partial charge is 0.319 e. The predicted molar refractivity (Wildman–Crippen MR) is 177 cm³/mol. The van der Waals surface area contributed by atoms with E-state index in [1.807, 2.05) is 23.8 Å². The second kappa shape index (κ2) is 12.6. The number of aromatic nitrogens is 3. The normalized spacial score (nSPS) is 25.6. The van der Waals surface area contributed by atoms with Crippen LogP contribution < -0.4 is 14.5 Å². The molecule has 3 aliphatic heterocycles. The Morgan fingerprint density at radius 1 is 1.31 bits per heavy atom. The minimum atomic E-state index is -1.31. The van der Waals surface area contributed by atoms with Gasteiger partial charge in [-0.25, -0.2) is 18.2 Å². The minimum absolute atomic E-state index is 0.0511. The average molecular weight is 664 g/mol. The Morgan fingerprint density at radius 2 is 2.08 bits per heavy atom. The van der Waals surface area contributed by atoms with Crippen molar-refractivity contribution in [2.24, 2.45) is 0 Å². The number of pyridine rings is 1. The number of β-amino-alcohol motifs (C(OH)–C–C–N with tert-alkyl or cyclic N) is 1. The van der Waals surface area contributed by atoms with Crippen molar-refractivity contribution in [1.82, 2.24) is 24.8 Å². The first-order valence-corrected chi connectivity index (χ1v) is 16.0. The van der Waals surface area contributed by atoms with E-state index in [9.17, 15) is 18.7 Å². The van der Waals surface area contributed by atoms with E-state index in [4.69, 9.17) is 11.2 Å². The first-order valence-electron chi connectivity index (χ1n) is 16.0. The first-order chi connectivity index (χ1) is 22.7. The number of alkyl halides is 1. The first kappa shape index (κ1) is 33.5. The molecule has 2 aromatic heterocycles. The number of rotatable bonds is 8. The molecular formula is C35H40F3N7O3. The number of terminal acetylenes is 1. The SMILES string of the molecule is C#Cc1c(F)ccc2c1N(c1ncc3c(N(C)C[C@@H]4CCCN4C(=O)C=C)nc(OC[C@]4(C)C[C@@H](F)CN4C)nc3c1F)C[C@@](C)(O)C2. The summed E-state index contributed by atoms with van der Waals surface area (Å²) < 4.78 is 52.2. The zero-order chi connectivity index (χ0) is 34.5. The molecule has 2 fully saturated rings. The van der Waals surface area contributed by atoms with E-state index in [2.05, 4.69) is 27.5 Å². The number of fused-ring (bicyclic) bond motifs is 2. The van der Waals surface area contributed by atoms with Crippen molar-refractivity contribution in [3.8, 4) is 18.4 Å². The van der Waals surface area contributed by atoms with Crippen LogP contribution in [-0.4, -0.2) is 106 Å². The summed E-state index contributed by atoms with van der Waals surface area (Å²) in [4.78, 5) is 33.0. The van der Waals surface area contributed by atoms with Gasteiger partial charge in [-0.15, -0.1) is 6.42 Å². The van der Waals surface area contributed by atoms with E-state index in [-0.39, 0.29) is 78.5 Å². The van der Waals surface area contributed by atoms with E-state index < -0.39 is 28.9 Å². The van der Waals surface area contributed by atoms with E-state index >= 15 is 4.39 Å². The van der Waals surface area contributed by atoms with Crippen LogP contribution in [0.5, 0.6) is 6.01 Å². The minimum Gasteiger partial charge on any atom is -0.461 e. The molecule has 10 nitrogen and oxygen atoms in total. The Kier molecular flexibility index (Phi) is 8.76. The fourth-order valence-corrected chi connectivity index (χ4v) is 7.26. The molecule has 1 amide bonds. The van der Waals surface area contributed by atoms with Gasteiger partial charge < -0.3 is 24.5 Å². The topological polar surface area (TPSA) is 98.2 Å². The number of benzene rings is 1. The summed E-state index contributed by atoms with van der Waals surface area (Å²) in [6.45, 7) is 8.30. The van der Waals surface area contributed by atoms with Crippen LogP contribution in [0.1, 0.15) is 44.2 Å². The molecular weight excluding hydrogens is 623 g/mol. The molecule has 0 radical (unpaired) electrons. The second-order valence-electron chi connectivity index (χ2n) is 13.7. The zero-order valence-corrected chi connectivity index (χ0v) is 27.6. The molecule has 48 heavy (non-hydrogen) atoms. The third kappa shape index (κ3) is 6.03. The maximum Gasteiger partial charge on any atom is 0.319 e. The standard InChI is InChI=1S/C35H40F3N7O3/c1-7-24-26(37)12-11-21-14-35(4,47)19-45(30(21)24)32-28(38)29-25(16-39-32)31(42(5)18-23-10-9-13-44(23)27(46)8-2)41-33(40-29)48-20-34(3)15-22(36)17-43(34)6/h1,8,11-12,16,22-23,47H,2,9-10,13-15,17-20H2,3-6H3/t22-,23+,34+,35+/m1/s1. The highest BCUT2D eigenvalue weighted by Crippen LogP contribution is 2.42. The monoisotopic (exact) mass is 663 g/mol. The summed E-state index contributed by atoms with van der Waals surface area (Å²) in [5, 5.41) is 11.4. The maximum atomic E-state index is 16.9. The van der Waals surface area contributed by atoms with Crippen LogP contribution >= 0.6 is 0 Å². The summed E-state index contributed by atoms with van der Waals surface area (Å²) in [7, 11) is 3.60. The lowest BCUT2D eigenvalue weighted by Crippen LogP contribution is -2.45. The van der Waals surface area contributed by atoms with Gasteiger partial charge in [-0.2, -0.15) is 9.97 Å². The van der Waals surface area contributed by atoms with E-state index in [0.29, 0.717) is 24.5 Å². The third-order valence-electron chi connectivity index (χ3n) is 9.82. The number of amides is 1. The predicted octanol–water partition coefficient (Wildman–Crippen LogP) is 4.15. The number of aliphatic hydroxyl groups is 1. The summed E-state index contributed by atoms with van der Waals surface area (Å²) in [5.41, 5.74) is -1.33. The van der Waals surface area contributed by atoms with E-state index in [1.54, 1.807) is 18.9 Å². The molecule has 0 bridgehead atoms. The summed E-state index contributed by atoms with van der Waals surface area (Å²) in [6, 6.07) is 2.50. The van der Waals surface area contributed by atoms with Gasteiger partial charge in [-0.05, 0) is 51.4 Å². The van der Waals surface area contributed by atoms with E-state index in [1.165, 1.54) is 29.3 Å². The molecule has 2 saturated heterocycles. The molecule has 3 aliphatic rings. The van der Waals surface area contributed by atoms with Crippen molar-refractivity contribution in [1.29, 1.82) is 0 Å².